The summed E-state index contributed by atoms with van der Waals surface area (Å²) >= 11 is 0. The minimum atomic E-state index is -0.238. The average molecular weight is 482 g/mol. The SMILES string of the molecule is CCCCCOCCOCCNC(=O)NCCOCCOCCOCCOCCOCCN. The van der Waals surface area contributed by atoms with E-state index in [4.69, 9.17) is 38.9 Å². The highest BCUT2D eigenvalue weighted by atomic mass is 16.6. The third kappa shape index (κ3) is 28.9. The number of rotatable bonds is 27. The molecule has 0 saturated carbocycles. The Morgan fingerprint density at radius 3 is 1.30 bits per heavy atom. The van der Waals surface area contributed by atoms with Gasteiger partial charge in [0.15, 0.2) is 0 Å². The van der Waals surface area contributed by atoms with Gasteiger partial charge in [-0.1, -0.05) is 19.8 Å². The fourth-order valence-corrected chi connectivity index (χ4v) is 2.38. The quantitative estimate of drug-likeness (QED) is 0.144. The molecule has 0 spiro atoms. The predicted octanol–water partition coefficient (Wildman–Crippen LogP) is 0.551. The molecular weight excluding hydrogens is 434 g/mol. The van der Waals surface area contributed by atoms with Crippen molar-refractivity contribution in [3.05, 3.63) is 0 Å². The molecule has 0 heterocycles. The van der Waals surface area contributed by atoms with E-state index >= 15 is 0 Å². The van der Waals surface area contributed by atoms with Crippen molar-refractivity contribution < 1.29 is 38.0 Å². The lowest BCUT2D eigenvalue weighted by atomic mass is 10.3. The van der Waals surface area contributed by atoms with Crippen LogP contribution in [0.2, 0.25) is 0 Å². The van der Waals surface area contributed by atoms with E-state index in [1.165, 1.54) is 12.8 Å². The molecule has 0 unspecified atom stereocenters. The molecule has 0 aliphatic heterocycles. The zero-order valence-corrected chi connectivity index (χ0v) is 20.5. The Morgan fingerprint density at radius 2 is 0.909 bits per heavy atom. The summed E-state index contributed by atoms with van der Waals surface area (Å²) in [6.45, 7) is 11.0. The van der Waals surface area contributed by atoms with Crippen molar-refractivity contribution in [2.24, 2.45) is 5.73 Å². The number of unbranched alkanes of at least 4 members (excludes halogenated alkanes) is 2. The predicted molar refractivity (Wildman–Crippen MR) is 126 cm³/mol. The van der Waals surface area contributed by atoms with Crippen LogP contribution in [0.4, 0.5) is 4.79 Å². The Morgan fingerprint density at radius 1 is 0.545 bits per heavy atom. The zero-order chi connectivity index (χ0) is 24.1. The standard InChI is InChI=1S/C22H47N3O8/c1-2-3-4-8-27-12-14-29-10-6-24-22(26)25-7-11-30-15-17-32-19-21-33-20-18-31-16-13-28-9-5-23/h2-21,23H2,1H3,(H2,24,25,26). The van der Waals surface area contributed by atoms with Crippen molar-refractivity contribution in [2.75, 3.05) is 112 Å². The molecule has 11 nitrogen and oxygen atoms in total. The summed E-state index contributed by atoms with van der Waals surface area (Å²) in [5.74, 6) is 0. The topological polar surface area (TPSA) is 132 Å². The maximum Gasteiger partial charge on any atom is 0.314 e. The number of carbonyl (C=O) groups is 1. The molecule has 198 valence electrons. The van der Waals surface area contributed by atoms with Crippen LogP contribution in [0.15, 0.2) is 0 Å². The first-order valence-corrected chi connectivity index (χ1v) is 12.1. The second kappa shape index (κ2) is 29.0. The molecule has 2 amide bonds. The molecular formula is C22H47N3O8. The van der Waals surface area contributed by atoms with E-state index in [1.54, 1.807) is 0 Å². The summed E-state index contributed by atoms with van der Waals surface area (Å²) in [7, 11) is 0. The molecule has 11 heteroatoms. The number of nitrogens with two attached hydrogens (primary N) is 1. The summed E-state index contributed by atoms with van der Waals surface area (Å²) in [6, 6.07) is -0.238. The van der Waals surface area contributed by atoms with E-state index in [0.717, 1.165) is 13.0 Å². The lowest BCUT2D eigenvalue weighted by Crippen LogP contribution is -2.39. The van der Waals surface area contributed by atoms with Crippen LogP contribution in [-0.2, 0) is 33.2 Å². The molecule has 0 bridgehead atoms. The van der Waals surface area contributed by atoms with Crippen LogP contribution in [0.3, 0.4) is 0 Å². The second-order valence-corrected chi connectivity index (χ2v) is 6.97. The monoisotopic (exact) mass is 481 g/mol. The van der Waals surface area contributed by atoms with Gasteiger partial charge in [0.2, 0.25) is 0 Å². The zero-order valence-electron chi connectivity index (χ0n) is 20.5. The molecule has 0 aliphatic carbocycles. The van der Waals surface area contributed by atoms with E-state index in [9.17, 15) is 4.79 Å². The van der Waals surface area contributed by atoms with Crippen LogP contribution >= 0.6 is 0 Å². The molecule has 0 radical (unpaired) electrons. The van der Waals surface area contributed by atoms with E-state index in [1.807, 2.05) is 0 Å². The van der Waals surface area contributed by atoms with Crippen LogP contribution < -0.4 is 16.4 Å². The Bertz CT molecular complexity index is 395. The summed E-state index contributed by atoms with van der Waals surface area (Å²) in [4.78, 5) is 11.6. The van der Waals surface area contributed by atoms with Gasteiger partial charge in [0, 0.05) is 26.2 Å². The molecule has 0 aromatic carbocycles. The average Bonchev–Trinajstić information content (AvgIpc) is 2.82. The molecule has 0 rings (SSSR count). The molecule has 0 saturated heterocycles. The summed E-state index contributed by atoms with van der Waals surface area (Å²) in [5.41, 5.74) is 5.31. The van der Waals surface area contributed by atoms with Crippen molar-refractivity contribution in [2.45, 2.75) is 26.2 Å². The number of ether oxygens (including phenoxy) is 7. The largest absolute Gasteiger partial charge is 0.379 e. The van der Waals surface area contributed by atoms with Crippen LogP contribution in [0, 0.1) is 0 Å². The van der Waals surface area contributed by atoms with E-state index in [0.29, 0.717) is 106 Å². The molecule has 0 aliphatic rings. The molecule has 4 N–H and O–H groups in total. The third-order valence-electron chi connectivity index (χ3n) is 4.08. The lowest BCUT2D eigenvalue weighted by Gasteiger charge is -2.09. The minimum absolute atomic E-state index is 0.238. The number of urea groups is 1. The van der Waals surface area contributed by atoms with Crippen LogP contribution in [-0.4, -0.2) is 118 Å². The van der Waals surface area contributed by atoms with Gasteiger partial charge in [0.1, 0.15) is 0 Å². The molecule has 0 fully saturated rings. The van der Waals surface area contributed by atoms with E-state index in [-0.39, 0.29) is 6.03 Å². The van der Waals surface area contributed by atoms with Crippen molar-refractivity contribution >= 4 is 6.03 Å². The van der Waals surface area contributed by atoms with Gasteiger partial charge in [-0.15, -0.1) is 0 Å². The fraction of sp³-hybridized carbons (Fsp3) is 0.955. The number of carbonyl (C=O) groups excluding carboxylic acids is 1. The summed E-state index contributed by atoms with van der Waals surface area (Å²) < 4.78 is 37.6. The van der Waals surface area contributed by atoms with Gasteiger partial charge in [-0.2, -0.15) is 0 Å². The molecule has 0 aromatic rings. The van der Waals surface area contributed by atoms with Crippen LogP contribution in [0.5, 0.6) is 0 Å². The van der Waals surface area contributed by atoms with Crippen LogP contribution in [0.25, 0.3) is 0 Å². The van der Waals surface area contributed by atoms with Gasteiger partial charge in [0.05, 0.1) is 85.9 Å². The first kappa shape index (κ1) is 31.9. The van der Waals surface area contributed by atoms with Gasteiger partial charge in [0.25, 0.3) is 0 Å². The Labute approximate surface area is 199 Å². The summed E-state index contributed by atoms with van der Waals surface area (Å²) in [5, 5.41) is 5.45. The maximum atomic E-state index is 11.6. The summed E-state index contributed by atoms with van der Waals surface area (Å²) in [6.07, 6.45) is 3.47. The maximum absolute atomic E-state index is 11.6. The van der Waals surface area contributed by atoms with Crippen LogP contribution in [0.1, 0.15) is 26.2 Å². The Balaban J connectivity index is 3.13. The fourth-order valence-electron chi connectivity index (χ4n) is 2.38. The van der Waals surface area contributed by atoms with E-state index in [2.05, 4.69) is 17.6 Å². The van der Waals surface area contributed by atoms with Crippen molar-refractivity contribution in [1.82, 2.24) is 10.6 Å². The van der Waals surface area contributed by atoms with Crippen molar-refractivity contribution in [3.8, 4) is 0 Å². The van der Waals surface area contributed by atoms with Gasteiger partial charge >= 0.3 is 6.03 Å². The van der Waals surface area contributed by atoms with Crippen molar-refractivity contribution in [1.29, 1.82) is 0 Å². The number of hydrogen-bond donors (Lipinski definition) is 3. The first-order valence-electron chi connectivity index (χ1n) is 12.1. The highest BCUT2D eigenvalue weighted by Crippen LogP contribution is 1.93. The van der Waals surface area contributed by atoms with Gasteiger partial charge < -0.3 is 49.5 Å². The van der Waals surface area contributed by atoms with Gasteiger partial charge in [-0.3, -0.25) is 0 Å². The molecule has 33 heavy (non-hydrogen) atoms. The third-order valence-corrected chi connectivity index (χ3v) is 4.08. The highest BCUT2D eigenvalue weighted by Gasteiger charge is 1.99. The number of hydrogen-bond acceptors (Lipinski definition) is 9. The first-order chi connectivity index (χ1) is 16.3. The highest BCUT2D eigenvalue weighted by molar-refractivity contribution is 5.73. The Hall–Kier alpha value is -1.05. The van der Waals surface area contributed by atoms with Gasteiger partial charge in [-0.25, -0.2) is 4.79 Å². The minimum Gasteiger partial charge on any atom is -0.379 e. The normalized spacial score (nSPS) is 11.1. The van der Waals surface area contributed by atoms with Gasteiger partial charge in [-0.05, 0) is 6.42 Å². The molecule has 0 atom stereocenters. The van der Waals surface area contributed by atoms with Crippen molar-refractivity contribution in [3.63, 3.8) is 0 Å². The number of nitrogens with one attached hydrogen (secondary N) is 2. The molecule has 0 aromatic heterocycles. The van der Waals surface area contributed by atoms with E-state index < -0.39 is 0 Å². The Kier molecular flexibility index (Phi) is 28.1. The second-order valence-electron chi connectivity index (χ2n) is 6.97. The number of amides is 2. The smallest absolute Gasteiger partial charge is 0.314 e. The lowest BCUT2D eigenvalue weighted by molar-refractivity contribution is -0.0102.